The van der Waals surface area contributed by atoms with Crippen LogP contribution in [0.25, 0.3) is 27.9 Å². The molecule has 35 heavy (non-hydrogen) atoms. The first kappa shape index (κ1) is 22.0. The zero-order valence-corrected chi connectivity index (χ0v) is 20.1. The molecular weight excluding hydrogens is 439 g/mol. The third kappa shape index (κ3) is 4.04. The molecule has 7 heteroatoms. The highest BCUT2D eigenvalue weighted by molar-refractivity contribution is 5.84. The lowest BCUT2D eigenvalue weighted by atomic mass is 10.0. The molecule has 4 aromatic rings. The van der Waals surface area contributed by atoms with Crippen LogP contribution in [0.4, 0.5) is 15.9 Å². The van der Waals surface area contributed by atoms with Crippen LogP contribution in [0.3, 0.4) is 0 Å². The van der Waals surface area contributed by atoms with Gasteiger partial charge in [0.05, 0.1) is 11.9 Å². The first-order chi connectivity index (χ1) is 17.1. The molecule has 0 unspecified atom stereocenters. The van der Waals surface area contributed by atoms with Crippen molar-refractivity contribution < 1.29 is 4.39 Å². The minimum atomic E-state index is -0.277. The van der Waals surface area contributed by atoms with E-state index in [1.54, 1.807) is 16.6 Å². The molecule has 0 saturated carbocycles. The quantitative estimate of drug-likeness (QED) is 0.447. The molecule has 0 bridgehead atoms. The van der Waals surface area contributed by atoms with E-state index in [0.29, 0.717) is 5.82 Å². The Hall–Kier alpha value is -3.45. The molecule has 0 aliphatic carbocycles. The Morgan fingerprint density at radius 2 is 1.69 bits per heavy atom. The highest BCUT2D eigenvalue weighted by Gasteiger charge is 2.26. The first-order valence-corrected chi connectivity index (χ1v) is 12.6. The van der Waals surface area contributed by atoms with E-state index in [9.17, 15) is 4.39 Å². The van der Waals surface area contributed by atoms with Crippen molar-refractivity contribution in [3.05, 3.63) is 66.2 Å². The molecule has 0 atom stereocenters. The van der Waals surface area contributed by atoms with E-state index in [0.717, 1.165) is 52.7 Å². The van der Waals surface area contributed by atoms with Crippen LogP contribution >= 0.6 is 0 Å². The number of nitrogens with zero attached hydrogens (tertiary/aromatic N) is 5. The van der Waals surface area contributed by atoms with Crippen molar-refractivity contribution in [3.63, 3.8) is 0 Å². The molecule has 0 spiro atoms. The van der Waals surface area contributed by atoms with E-state index in [1.165, 1.54) is 56.6 Å². The average molecular weight is 471 g/mol. The number of nitrogens with two attached hydrogens (primary N) is 1. The van der Waals surface area contributed by atoms with Gasteiger partial charge in [0.2, 0.25) is 0 Å². The van der Waals surface area contributed by atoms with Crippen LogP contribution in [0.5, 0.6) is 0 Å². The molecule has 6 nitrogen and oxygen atoms in total. The number of hydrogen-bond donors (Lipinski definition) is 1. The second kappa shape index (κ2) is 8.96. The third-order valence-electron chi connectivity index (χ3n) is 7.64. The molecule has 2 fully saturated rings. The van der Waals surface area contributed by atoms with Gasteiger partial charge in [0.15, 0.2) is 5.65 Å². The van der Waals surface area contributed by atoms with Crippen molar-refractivity contribution in [3.8, 4) is 22.3 Å². The number of anilines is 2. The largest absolute Gasteiger partial charge is 0.383 e. The van der Waals surface area contributed by atoms with Gasteiger partial charge in [-0.05, 0) is 81.1 Å². The predicted octanol–water partition coefficient (Wildman–Crippen LogP) is 5.16. The number of nitrogen functional groups attached to an aromatic ring is 1. The van der Waals surface area contributed by atoms with E-state index in [-0.39, 0.29) is 5.82 Å². The average Bonchev–Trinajstić information content (AvgIpc) is 3.56. The summed E-state index contributed by atoms with van der Waals surface area (Å²) in [5.74, 6) is 0.228. The lowest BCUT2D eigenvalue weighted by Gasteiger charge is -2.38. The molecule has 2 aliphatic rings. The van der Waals surface area contributed by atoms with Gasteiger partial charge in [-0.3, -0.25) is 0 Å². The van der Waals surface area contributed by atoms with Gasteiger partial charge >= 0.3 is 0 Å². The van der Waals surface area contributed by atoms with Crippen molar-refractivity contribution in [1.82, 2.24) is 19.5 Å². The van der Waals surface area contributed by atoms with Gasteiger partial charge in [0.25, 0.3) is 0 Å². The Morgan fingerprint density at radius 3 is 2.43 bits per heavy atom. The maximum Gasteiger partial charge on any atom is 0.165 e. The fourth-order valence-corrected chi connectivity index (χ4v) is 5.77. The number of hydrogen-bond acceptors (Lipinski definition) is 5. The van der Waals surface area contributed by atoms with Gasteiger partial charge in [-0.1, -0.05) is 24.3 Å². The van der Waals surface area contributed by atoms with Crippen LogP contribution in [0.2, 0.25) is 0 Å². The second-order valence-corrected chi connectivity index (χ2v) is 9.77. The topological polar surface area (TPSA) is 62.7 Å². The number of aryl methyl sites for hydroxylation is 1. The number of fused-ring (bicyclic) bond motifs is 1. The van der Waals surface area contributed by atoms with Crippen LogP contribution < -0.4 is 10.6 Å². The van der Waals surface area contributed by atoms with E-state index in [1.807, 2.05) is 13.1 Å². The Morgan fingerprint density at radius 1 is 0.943 bits per heavy atom. The zero-order chi connectivity index (χ0) is 23.9. The molecule has 2 aromatic heterocycles. The van der Waals surface area contributed by atoms with Crippen LogP contribution in [0.1, 0.15) is 31.4 Å². The van der Waals surface area contributed by atoms with E-state index < -0.39 is 0 Å². The Kier molecular flexibility index (Phi) is 5.65. The molecule has 4 heterocycles. The number of aromatic nitrogens is 3. The molecule has 6 rings (SSSR count). The van der Waals surface area contributed by atoms with Gasteiger partial charge in [-0.25, -0.2) is 9.37 Å². The predicted molar refractivity (Wildman–Crippen MR) is 139 cm³/mol. The van der Waals surface area contributed by atoms with E-state index in [2.05, 4.69) is 39.2 Å². The molecule has 0 amide bonds. The fraction of sp³-hybridized carbons (Fsp3) is 0.357. The molecule has 2 saturated heterocycles. The summed E-state index contributed by atoms with van der Waals surface area (Å²) in [7, 11) is 0. The lowest BCUT2D eigenvalue weighted by Crippen LogP contribution is -2.43. The molecule has 2 aliphatic heterocycles. The van der Waals surface area contributed by atoms with Gasteiger partial charge < -0.3 is 15.5 Å². The fourth-order valence-electron chi connectivity index (χ4n) is 5.77. The molecule has 0 radical (unpaired) electrons. The second-order valence-electron chi connectivity index (χ2n) is 9.77. The zero-order valence-electron chi connectivity index (χ0n) is 20.1. The SMILES string of the molecule is Cc1nc2c(-c3cccc(N4CCC(N5CCCC5)CC4)c3)cnn2c(N)c1-c1ccc(F)cc1. The number of rotatable bonds is 4. The summed E-state index contributed by atoms with van der Waals surface area (Å²) < 4.78 is 15.1. The summed E-state index contributed by atoms with van der Waals surface area (Å²) in [5.41, 5.74) is 13.0. The third-order valence-corrected chi connectivity index (χ3v) is 7.64. The minimum absolute atomic E-state index is 0.277. The highest BCUT2D eigenvalue weighted by Crippen LogP contribution is 2.34. The van der Waals surface area contributed by atoms with Crippen LogP contribution in [0.15, 0.2) is 54.7 Å². The summed E-state index contributed by atoms with van der Waals surface area (Å²) in [5, 5.41) is 4.57. The first-order valence-electron chi connectivity index (χ1n) is 12.6. The number of benzene rings is 2. The van der Waals surface area contributed by atoms with Gasteiger partial charge in [-0.2, -0.15) is 9.61 Å². The number of likely N-dealkylation sites (tertiary alicyclic amines) is 1. The monoisotopic (exact) mass is 470 g/mol. The lowest BCUT2D eigenvalue weighted by molar-refractivity contribution is 0.208. The van der Waals surface area contributed by atoms with Crippen LogP contribution in [0, 0.1) is 12.7 Å². The standard InChI is InChI=1S/C28H31FN6/c1-19-26(20-7-9-22(29)10-8-20)27(30)35-28(32-19)25(18-31-35)21-5-4-6-24(17-21)34-15-11-23(12-16-34)33-13-2-3-14-33/h4-10,17-18,23H,2-3,11-16,30H2,1H3. The maximum absolute atomic E-state index is 13.4. The maximum atomic E-state index is 13.4. The smallest absolute Gasteiger partial charge is 0.165 e. The van der Waals surface area contributed by atoms with E-state index in [4.69, 9.17) is 10.7 Å². The molecular formula is C28H31FN6. The number of halogens is 1. The van der Waals surface area contributed by atoms with Crippen molar-refractivity contribution in [2.75, 3.05) is 36.8 Å². The van der Waals surface area contributed by atoms with Crippen LogP contribution in [-0.4, -0.2) is 51.7 Å². The summed E-state index contributed by atoms with van der Waals surface area (Å²) >= 11 is 0. The van der Waals surface area contributed by atoms with Crippen molar-refractivity contribution in [2.24, 2.45) is 0 Å². The minimum Gasteiger partial charge on any atom is -0.383 e. The normalized spacial score (nSPS) is 17.5. The van der Waals surface area contributed by atoms with Gasteiger partial charge in [-0.15, -0.1) is 0 Å². The van der Waals surface area contributed by atoms with Gasteiger partial charge in [0.1, 0.15) is 11.6 Å². The Labute approximate surface area is 205 Å². The molecule has 2 aromatic carbocycles. The van der Waals surface area contributed by atoms with Gasteiger partial charge in [0, 0.05) is 35.9 Å². The number of piperidine rings is 1. The summed E-state index contributed by atoms with van der Waals surface area (Å²) in [6.07, 6.45) is 7.00. The van der Waals surface area contributed by atoms with Crippen molar-refractivity contribution in [1.29, 1.82) is 0 Å². The van der Waals surface area contributed by atoms with Crippen molar-refractivity contribution >= 4 is 17.2 Å². The van der Waals surface area contributed by atoms with Crippen LogP contribution in [-0.2, 0) is 0 Å². The van der Waals surface area contributed by atoms with Crippen molar-refractivity contribution in [2.45, 2.75) is 38.6 Å². The molecule has 2 N–H and O–H groups in total. The Balaban J connectivity index is 1.29. The highest BCUT2D eigenvalue weighted by atomic mass is 19.1. The molecule has 180 valence electrons. The summed E-state index contributed by atoms with van der Waals surface area (Å²) in [6.45, 7) is 6.66. The summed E-state index contributed by atoms with van der Waals surface area (Å²) in [4.78, 5) is 10.1. The van der Waals surface area contributed by atoms with E-state index >= 15 is 0 Å². The Bertz CT molecular complexity index is 1350. The summed E-state index contributed by atoms with van der Waals surface area (Å²) in [6, 6.07) is 15.7.